The highest BCUT2D eigenvalue weighted by atomic mass is 35.5. The molecule has 0 amide bonds. The Bertz CT molecular complexity index is 1490. The molecule has 0 aromatic heterocycles. The molecular formula is C26H33ClN4O7S2. The summed E-state index contributed by atoms with van der Waals surface area (Å²) >= 11 is 6.48. The predicted molar refractivity (Wildman–Crippen MR) is 156 cm³/mol. The van der Waals surface area contributed by atoms with E-state index < -0.39 is 31.3 Å². The highest BCUT2D eigenvalue weighted by molar-refractivity contribution is 7.94. The number of anilines is 1. The van der Waals surface area contributed by atoms with Gasteiger partial charge in [-0.3, -0.25) is 14.5 Å². The van der Waals surface area contributed by atoms with Crippen LogP contribution in [0.2, 0.25) is 5.02 Å². The molecule has 0 aliphatic carbocycles. The molecule has 218 valence electrons. The SMILES string of the molecule is CCC(C(=O)O)S(=O)(=O)N(C/C=C/c1cccc(C(=N)N)c1)c1ccc(OC2CCN(S(C)(=O)=O)CC2)c(Cl)c1. The van der Waals surface area contributed by atoms with Crippen LogP contribution in [0.3, 0.4) is 0 Å². The number of carbonyl (C=O) groups is 1. The number of amidine groups is 1. The van der Waals surface area contributed by atoms with Crippen molar-refractivity contribution in [1.82, 2.24) is 4.31 Å². The van der Waals surface area contributed by atoms with Gasteiger partial charge in [-0.15, -0.1) is 0 Å². The lowest BCUT2D eigenvalue weighted by molar-refractivity contribution is -0.136. The van der Waals surface area contributed by atoms with Crippen molar-refractivity contribution >= 4 is 55.2 Å². The molecule has 1 fully saturated rings. The molecule has 0 spiro atoms. The van der Waals surface area contributed by atoms with Gasteiger partial charge < -0.3 is 15.6 Å². The third-order valence-electron chi connectivity index (χ3n) is 6.46. The number of nitrogens with zero attached hydrogens (tertiary/aromatic N) is 2. The number of hydrogen-bond donors (Lipinski definition) is 3. The minimum Gasteiger partial charge on any atom is -0.489 e. The third-order valence-corrected chi connectivity index (χ3v) is 10.3. The lowest BCUT2D eigenvalue weighted by Crippen LogP contribution is -2.42. The second-order valence-corrected chi connectivity index (χ2v) is 13.8. The number of nitrogens with one attached hydrogen (secondary N) is 1. The van der Waals surface area contributed by atoms with Gasteiger partial charge in [0.05, 0.1) is 23.5 Å². The molecule has 2 aromatic carbocycles. The standard InChI is InChI=1S/C26H33ClN4O7S2/c1-3-24(26(32)33)40(36,37)31(13-5-7-18-6-4-8-19(16-18)25(28)29)20-9-10-23(22(27)17-20)38-21-11-14-30(15-12-21)39(2,34)35/h4-10,16-17,21,24H,3,11-15H2,1-2H3,(H3,28,29)(H,32,33)/b7-5+. The number of benzene rings is 2. The second kappa shape index (κ2) is 13.0. The van der Waals surface area contributed by atoms with Gasteiger partial charge in [-0.1, -0.05) is 48.9 Å². The van der Waals surface area contributed by atoms with Gasteiger partial charge in [0.2, 0.25) is 20.0 Å². The lowest BCUT2D eigenvalue weighted by atomic mass is 10.1. The molecule has 1 unspecified atom stereocenters. The van der Waals surface area contributed by atoms with E-state index in [4.69, 9.17) is 27.5 Å². The molecular weight excluding hydrogens is 580 g/mol. The van der Waals surface area contributed by atoms with E-state index >= 15 is 0 Å². The maximum atomic E-state index is 13.5. The molecule has 3 rings (SSSR count). The highest BCUT2D eigenvalue weighted by Crippen LogP contribution is 2.33. The van der Waals surface area contributed by atoms with Crippen LogP contribution in [0, 0.1) is 5.41 Å². The summed E-state index contributed by atoms with van der Waals surface area (Å²) in [5.41, 5.74) is 6.89. The van der Waals surface area contributed by atoms with Gasteiger partial charge in [0, 0.05) is 18.7 Å². The van der Waals surface area contributed by atoms with Crippen LogP contribution in [0.4, 0.5) is 5.69 Å². The first-order valence-corrected chi connectivity index (χ1v) is 16.2. The van der Waals surface area contributed by atoms with Crippen LogP contribution < -0.4 is 14.8 Å². The molecule has 0 saturated carbocycles. The van der Waals surface area contributed by atoms with Gasteiger partial charge in [-0.25, -0.2) is 21.1 Å². The first kappa shape index (κ1) is 31.4. The van der Waals surface area contributed by atoms with E-state index in [0.29, 0.717) is 42.8 Å². The molecule has 0 bridgehead atoms. The van der Waals surface area contributed by atoms with Crippen molar-refractivity contribution in [2.24, 2.45) is 5.73 Å². The molecule has 4 N–H and O–H groups in total. The number of halogens is 1. The molecule has 1 saturated heterocycles. The van der Waals surface area contributed by atoms with Crippen molar-refractivity contribution in [2.75, 3.05) is 30.2 Å². The molecule has 0 radical (unpaired) electrons. The molecule has 1 aliphatic heterocycles. The Kier molecular flexibility index (Phi) is 10.2. The zero-order valence-electron chi connectivity index (χ0n) is 22.2. The minimum absolute atomic E-state index is 0.107. The Morgan fingerprint density at radius 2 is 1.90 bits per heavy atom. The normalized spacial score (nSPS) is 16.1. The fraction of sp³-hybridized carbons (Fsp3) is 0.385. The van der Waals surface area contributed by atoms with Crippen molar-refractivity contribution in [3.05, 3.63) is 64.7 Å². The number of carboxylic acid groups (broad SMARTS) is 1. The molecule has 1 aliphatic rings. The van der Waals surface area contributed by atoms with Gasteiger partial charge in [0.1, 0.15) is 17.7 Å². The van der Waals surface area contributed by atoms with Gasteiger partial charge in [0.15, 0.2) is 5.25 Å². The van der Waals surface area contributed by atoms with Gasteiger partial charge in [0.25, 0.3) is 0 Å². The molecule has 1 heterocycles. The van der Waals surface area contributed by atoms with Gasteiger partial charge >= 0.3 is 5.97 Å². The highest BCUT2D eigenvalue weighted by Gasteiger charge is 2.36. The second-order valence-electron chi connectivity index (χ2n) is 9.35. The zero-order valence-corrected chi connectivity index (χ0v) is 24.5. The summed E-state index contributed by atoms with van der Waals surface area (Å²) in [4.78, 5) is 11.8. The number of rotatable bonds is 12. The minimum atomic E-state index is -4.35. The Morgan fingerprint density at radius 3 is 2.45 bits per heavy atom. The van der Waals surface area contributed by atoms with Crippen LogP contribution in [0.25, 0.3) is 6.08 Å². The number of ether oxygens (including phenoxy) is 1. The summed E-state index contributed by atoms with van der Waals surface area (Å²) in [6, 6.07) is 11.2. The van der Waals surface area contributed by atoms with E-state index in [-0.39, 0.29) is 35.6 Å². The van der Waals surface area contributed by atoms with Crippen molar-refractivity contribution in [1.29, 1.82) is 5.41 Å². The summed E-state index contributed by atoms with van der Waals surface area (Å²) in [5.74, 6) is -1.26. The first-order valence-electron chi connectivity index (χ1n) is 12.5. The van der Waals surface area contributed by atoms with E-state index in [1.807, 2.05) is 0 Å². The summed E-state index contributed by atoms with van der Waals surface area (Å²) < 4.78 is 58.8. The summed E-state index contributed by atoms with van der Waals surface area (Å²) in [6.45, 7) is 1.94. The fourth-order valence-corrected chi connectivity index (χ4v) is 7.10. The maximum Gasteiger partial charge on any atom is 0.323 e. The van der Waals surface area contributed by atoms with E-state index in [9.17, 15) is 26.7 Å². The Labute approximate surface area is 239 Å². The first-order chi connectivity index (χ1) is 18.7. The predicted octanol–water partition coefficient (Wildman–Crippen LogP) is 3.14. The number of nitrogen functional groups attached to an aromatic ring is 1. The van der Waals surface area contributed by atoms with Crippen molar-refractivity contribution in [3.63, 3.8) is 0 Å². The molecule has 40 heavy (non-hydrogen) atoms. The third kappa shape index (κ3) is 7.74. The van der Waals surface area contributed by atoms with Crippen LogP contribution >= 0.6 is 11.6 Å². The smallest absolute Gasteiger partial charge is 0.323 e. The Morgan fingerprint density at radius 1 is 1.23 bits per heavy atom. The summed E-state index contributed by atoms with van der Waals surface area (Å²) in [5, 5.41) is 15.7. The van der Waals surface area contributed by atoms with Crippen LogP contribution in [-0.2, 0) is 24.8 Å². The van der Waals surface area contributed by atoms with Gasteiger partial charge in [-0.2, -0.15) is 0 Å². The van der Waals surface area contributed by atoms with E-state index in [1.54, 1.807) is 36.4 Å². The number of nitrogens with two attached hydrogens (primary N) is 1. The number of piperidine rings is 1. The topological polar surface area (TPSA) is 171 Å². The number of aliphatic carboxylic acids is 1. The quantitative estimate of drug-likeness (QED) is 0.242. The Balaban J connectivity index is 1.86. The average molecular weight is 613 g/mol. The summed E-state index contributed by atoms with van der Waals surface area (Å²) in [7, 11) is -7.63. The van der Waals surface area contributed by atoms with Crippen molar-refractivity contribution < 1.29 is 31.5 Å². The van der Waals surface area contributed by atoms with Crippen molar-refractivity contribution in [2.45, 2.75) is 37.5 Å². The molecule has 11 nitrogen and oxygen atoms in total. The lowest BCUT2D eigenvalue weighted by Gasteiger charge is -2.31. The average Bonchev–Trinajstić information content (AvgIpc) is 2.87. The molecule has 14 heteroatoms. The largest absolute Gasteiger partial charge is 0.489 e. The van der Waals surface area contributed by atoms with Crippen LogP contribution in [0.1, 0.15) is 37.3 Å². The zero-order chi connectivity index (χ0) is 29.7. The maximum absolute atomic E-state index is 13.5. The summed E-state index contributed by atoms with van der Waals surface area (Å²) in [6.07, 6.45) is 4.91. The van der Waals surface area contributed by atoms with Crippen LogP contribution in [0.5, 0.6) is 5.75 Å². The molecule has 1 atom stereocenters. The number of hydrogen-bond acceptors (Lipinski definition) is 7. The van der Waals surface area contributed by atoms with Gasteiger partial charge in [-0.05, 0) is 49.1 Å². The van der Waals surface area contributed by atoms with E-state index in [1.165, 1.54) is 29.4 Å². The number of carboxylic acids is 1. The van der Waals surface area contributed by atoms with Crippen LogP contribution in [-0.4, -0.2) is 75.3 Å². The number of sulfonamides is 2. The monoisotopic (exact) mass is 612 g/mol. The van der Waals surface area contributed by atoms with E-state index in [2.05, 4.69) is 0 Å². The molecule has 2 aromatic rings. The van der Waals surface area contributed by atoms with Crippen LogP contribution in [0.15, 0.2) is 48.5 Å². The Hall–Kier alpha value is -3.13. The fourth-order valence-electron chi connectivity index (χ4n) is 4.32. The van der Waals surface area contributed by atoms with Crippen molar-refractivity contribution in [3.8, 4) is 5.75 Å². The van der Waals surface area contributed by atoms with E-state index in [0.717, 1.165) is 10.6 Å².